The maximum absolute atomic E-state index is 12.4. The number of para-hydroxylation sites is 2. The van der Waals surface area contributed by atoms with Crippen molar-refractivity contribution < 1.29 is 13.9 Å². The van der Waals surface area contributed by atoms with E-state index in [9.17, 15) is 4.79 Å². The van der Waals surface area contributed by atoms with Crippen molar-refractivity contribution in [2.24, 2.45) is 0 Å². The van der Waals surface area contributed by atoms with E-state index in [4.69, 9.17) is 9.15 Å². The zero-order valence-electron chi connectivity index (χ0n) is 16.1. The van der Waals surface area contributed by atoms with E-state index >= 15 is 0 Å². The summed E-state index contributed by atoms with van der Waals surface area (Å²) in [6.07, 6.45) is 2.07. The number of nitrogens with zero attached hydrogens (tertiary/aromatic N) is 2. The number of carbonyl (C=O) groups excluding carboxylic acids is 1. The van der Waals surface area contributed by atoms with Gasteiger partial charge in [0, 0.05) is 19.0 Å². The highest BCUT2D eigenvalue weighted by molar-refractivity contribution is 5.78. The molecule has 6 nitrogen and oxygen atoms in total. The molecule has 0 unspecified atom stereocenters. The number of hydrogen-bond acceptors (Lipinski definition) is 5. The Morgan fingerprint density at radius 3 is 3.04 bits per heavy atom. The molecule has 0 radical (unpaired) electrons. The number of benzene rings is 2. The van der Waals surface area contributed by atoms with Gasteiger partial charge in [-0.15, -0.1) is 0 Å². The third kappa shape index (κ3) is 4.34. The van der Waals surface area contributed by atoms with Crippen molar-refractivity contribution in [3.63, 3.8) is 0 Å². The van der Waals surface area contributed by atoms with Gasteiger partial charge in [0.2, 0.25) is 5.91 Å². The summed E-state index contributed by atoms with van der Waals surface area (Å²) in [6, 6.07) is 15.6. The summed E-state index contributed by atoms with van der Waals surface area (Å²) in [5.41, 5.74) is 2.74. The van der Waals surface area contributed by atoms with E-state index in [1.807, 2.05) is 48.5 Å². The Labute approximate surface area is 164 Å². The zero-order valence-corrected chi connectivity index (χ0v) is 16.1. The molecule has 0 aliphatic carbocycles. The van der Waals surface area contributed by atoms with Crippen LogP contribution in [-0.4, -0.2) is 42.5 Å². The van der Waals surface area contributed by atoms with E-state index in [0.29, 0.717) is 13.1 Å². The fraction of sp³-hybridized carbons (Fsp3) is 0.364. The maximum atomic E-state index is 12.4. The third-order valence-electron chi connectivity index (χ3n) is 5.16. The van der Waals surface area contributed by atoms with Crippen molar-refractivity contribution in [3.8, 4) is 5.75 Å². The molecule has 1 aliphatic heterocycles. The van der Waals surface area contributed by atoms with Gasteiger partial charge in [-0.1, -0.05) is 24.3 Å². The van der Waals surface area contributed by atoms with Crippen LogP contribution >= 0.6 is 0 Å². The minimum absolute atomic E-state index is 0.0287. The average Bonchev–Trinajstić information content (AvgIpc) is 3.17. The number of carbonyl (C=O) groups is 1. The highest BCUT2D eigenvalue weighted by Gasteiger charge is 2.26. The Hall–Kier alpha value is -2.86. The van der Waals surface area contributed by atoms with E-state index in [1.165, 1.54) is 0 Å². The maximum Gasteiger partial charge on any atom is 0.234 e. The molecule has 1 fully saturated rings. The number of rotatable bonds is 6. The zero-order chi connectivity index (χ0) is 19.3. The second-order valence-corrected chi connectivity index (χ2v) is 7.22. The SMILES string of the molecule is COc1cccc(CNC(=O)CN2CCC[C@H](c3nc4ccccc4o3)C2)c1. The largest absolute Gasteiger partial charge is 0.497 e. The summed E-state index contributed by atoms with van der Waals surface area (Å²) in [5, 5.41) is 3.00. The first-order valence-electron chi connectivity index (χ1n) is 9.69. The number of ether oxygens (including phenoxy) is 1. The normalized spacial score (nSPS) is 17.5. The molecule has 1 saturated heterocycles. The highest BCUT2D eigenvalue weighted by Crippen LogP contribution is 2.28. The molecule has 1 N–H and O–H groups in total. The second kappa shape index (κ2) is 8.44. The number of hydrogen-bond donors (Lipinski definition) is 1. The summed E-state index contributed by atoms with van der Waals surface area (Å²) in [6.45, 7) is 2.60. The number of fused-ring (bicyclic) bond motifs is 1. The average molecular weight is 379 g/mol. The third-order valence-corrected chi connectivity index (χ3v) is 5.16. The van der Waals surface area contributed by atoms with E-state index in [1.54, 1.807) is 7.11 Å². The van der Waals surface area contributed by atoms with E-state index in [0.717, 1.165) is 54.2 Å². The van der Waals surface area contributed by atoms with Gasteiger partial charge in [0.1, 0.15) is 11.3 Å². The van der Waals surface area contributed by atoms with Crippen molar-refractivity contribution in [2.75, 3.05) is 26.7 Å². The molecule has 2 aromatic carbocycles. The summed E-state index contributed by atoms with van der Waals surface area (Å²) < 4.78 is 11.2. The van der Waals surface area contributed by atoms with Crippen LogP contribution in [0.5, 0.6) is 5.75 Å². The van der Waals surface area contributed by atoms with Crippen LogP contribution in [0.4, 0.5) is 0 Å². The van der Waals surface area contributed by atoms with Gasteiger partial charge in [0.05, 0.1) is 13.7 Å². The summed E-state index contributed by atoms with van der Waals surface area (Å²) in [5.74, 6) is 1.83. The standard InChI is InChI=1S/C22H25N3O3/c1-27-18-8-4-6-16(12-18)13-23-21(26)15-25-11-5-7-17(14-25)22-24-19-9-2-3-10-20(19)28-22/h2-4,6,8-10,12,17H,5,7,11,13-15H2,1H3,(H,23,26)/t17-/m0/s1. The van der Waals surface area contributed by atoms with Gasteiger partial charge in [-0.3, -0.25) is 9.69 Å². The molecular weight excluding hydrogens is 354 g/mol. The number of likely N-dealkylation sites (tertiary alicyclic amines) is 1. The molecule has 1 atom stereocenters. The molecule has 3 aromatic rings. The predicted octanol–water partition coefficient (Wildman–Crippen LogP) is 3.33. The molecule has 4 rings (SSSR count). The molecular formula is C22H25N3O3. The van der Waals surface area contributed by atoms with Crippen molar-refractivity contribution in [1.29, 1.82) is 0 Å². The minimum Gasteiger partial charge on any atom is -0.497 e. The molecule has 2 heterocycles. The number of methoxy groups -OCH3 is 1. The lowest BCUT2D eigenvalue weighted by Crippen LogP contribution is -2.41. The Morgan fingerprint density at radius 1 is 1.29 bits per heavy atom. The van der Waals surface area contributed by atoms with E-state index in [-0.39, 0.29) is 11.8 Å². The predicted molar refractivity (Wildman–Crippen MR) is 107 cm³/mol. The molecule has 6 heteroatoms. The fourth-order valence-corrected chi connectivity index (χ4v) is 3.71. The Morgan fingerprint density at radius 2 is 2.18 bits per heavy atom. The lowest BCUT2D eigenvalue weighted by Gasteiger charge is -2.30. The van der Waals surface area contributed by atoms with Crippen molar-refractivity contribution in [1.82, 2.24) is 15.2 Å². The molecule has 0 saturated carbocycles. The second-order valence-electron chi connectivity index (χ2n) is 7.22. The monoisotopic (exact) mass is 379 g/mol. The molecule has 1 amide bonds. The summed E-state index contributed by atoms with van der Waals surface area (Å²) >= 11 is 0. The lowest BCUT2D eigenvalue weighted by atomic mass is 9.98. The first-order valence-corrected chi connectivity index (χ1v) is 9.69. The Bertz CT molecular complexity index is 920. The number of amides is 1. The molecule has 146 valence electrons. The van der Waals surface area contributed by atoms with Crippen LogP contribution in [0.25, 0.3) is 11.1 Å². The van der Waals surface area contributed by atoms with Crippen molar-refractivity contribution in [2.45, 2.75) is 25.3 Å². The van der Waals surface area contributed by atoms with Crippen LogP contribution in [0.3, 0.4) is 0 Å². The first-order chi connectivity index (χ1) is 13.7. The van der Waals surface area contributed by atoms with Gasteiger partial charge < -0.3 is 14.5 Å². The number of aromatic nitrogens is 1. The number of piperidine rings is 1. The molecule has 0 spiro atoms. The first kappa shape index (κ1) is 18.5. The van der Waals surface area contributed by atoms with Crippen LogP contribution in [-0.2, 0) is 11.3 Å². The van der Waals surface area contributed by atoms with Crippen molar-refractivity contribution in [3.05, 3.63) is 60.0 Å². The number of nitrogens with one attached hydrogen (secondary N) is 1. The topological polar surface area (TPSA) is 67.6 Å². The van der Waals surface area contributed by atoms with E-state index < -0.39 is 0 Å². The van der Waals surface area contributed by atoms with Gasteiger partial charge in [0.15, 0.2) is 11.5 Å². The lowest BCUT2D eigenvalue weighted by molar-refractivity contribution is -0.122. The van der Waals surface area contributed by atoms with Gasteiger partial charge >= 0.3 is 0 Å². The van der Waals surface area contributed by atoms with Gasteiger partial charge in [-0.25, -0.2) is 4.98 Å². The van der Waals surface area contributed by atoms with Gasteiger partial charge in [-0.05, 0) is 49.2 Å². The van der Waals surface area contributed by atoms with Crippen LogP contribution in [0, 0.1) is 0 Å². The van der Waals surface area contributed by atoms with Crippen LogP contribution in [0.2, 0.25) is 0 Å². The smallest absolute Gasteiger partial charge is 0.234 e. The van der Waals surface area contributed by atoms with Crippen LogP contribution in [0.15, 0.2) is 52.9 Å². The molecule has 28 heavy (non-hydrogen) atoms. The van der Waals surface area contributed by atoms with Crippen molar-refractivity contribution >= 4 is 17.0 Å². The summed E-state index contributed by atoms with van der Waals surface area (Å²) in [7, 11) is 1.64. The van der Waals surface area contributed by atoms with Gasteiger partial charge in [0.25, 0.3) is 0 Å². The molecule has 0 bridgehead atoms. The Kier molecular flexibility index (Phi) is 5.58. The fourth-order valence-electron chi connectivity index (χ4n) is 3.71. The molecule has 1 aliphatic rings. The minimum atomic E-state index is 0.0287. The van der Waals surface area contributed by atoms with E-state index in [2.05, 4.69) is 15.2 Å². The summed E-state index contributed by atoms with van der Waals surface area (Å²) in [4.78, 5) is 19.2. The van der Waals surface area contributed by atoms with Crippen LogP contribution < -0.4 is 10.1 Å². The quantitative estimate of drug-likeness (QED) is 0.712. The molecule has 1 aromatic heterocycles. The Balaban J connectivity index is 1.32. The number of oxazole rings is 1. The van der Waals surface area contributed by atoms with Crippen LogP contribution in [0.1, 0.15) is 30.2 Å². The highest BCUT2D eigenvalue weighted by atomic mass is 16.5. The van der Waals surface area contributed by atoms with Gasteiger partial charge in [-0.2, -0.15) is 0 Å².